The van der Waals surface area contributed by atoms with Gasteiger partial charge in [0.25, 0.3) is 0 Å². The number of hydrogen-bond donors (Lipinski definition) is 0. The van der Waals surface area contributed by atoms with Gasteiger partial charge in [-0.1, -0.05) is 36.4 Å². The van der Waals surface area contributed by atoms with Crippen molar-refractivity contribution in [1.82, 2.24) is 14.9 Å². The lowest BCUT2D eigenvalue weighted by atomic mass is 10.1. The van der Waals surface area contributed by atoms with Crippen LogP contribution in [0.1, 0.15) is 22.4 Å². The quantitative estimate of drug-likeness (QED) is 0.406. The van der Waals surface area contributed by atoms with Crippen LogP contribution >= 0.6 is 22.7 Å². The molecule has 6 heteroatoms. The minimum Gasteiger partial charge on any atom is -0.334 e. The molecule has 0 saturated carbocycles. The number of carbonyl (C=O) groups is 1. The van der Waals surface area contributed by atoms with Crippen molar-refractivity contribution in [3.63, 3.8) is 0 Å². The van der Waals surface area contributed by atoms with Crippen LogP contribution < -0.4 is 0 Å². The highest BCUT2D eigenvalue weighted by Crippen LogP contribution is 2.28. The molecule has 1 aromatic carbocycles. The molecule has 4 rings (SSSR count). The highest BCUT2D eigenvalue weighted by molar-refractivity contribution is 7.20. The molecule has 0 saturated heterocycles. The molecule has 0 aliphatic carbocycles. The van der Waals surface area contributed by atoms with Crippen molar-refractivity contribution in [2.45, 2.75) is 26.4 Å². The van der Waals surface area contributed by atoms with Gasteiger partial charge in [0.05, 0.1) is 17.0 Å². The number of thiophene rings is 1. The SMILES string of the molecule is Cc1ccccc1CN(Cc1cccnc1)C(=O)Cc1csc(-c2cccs2)n1. The van der Waals surface area contributed by atoms with Crippen LogP contribution in [0, 0.1) is 6.92 Å². The molecule has 146 valence electrons. The molecule has 0 bridgehead atoms. The van der Waals surface area contributed by atoms with E-state index in [0.717, 1.165) is 26.7 Å². The van der Waals surface area contributed by atoms with Crippen LogP contribution in [0.3, 0.4) is 0 Å². The van der Waals surface area contributed by atoms with E-state index in [-0.39, 0.29) is 5.91 Å². The van der Waals surface area contributed by atoms with Crippen LogP contribution in [0.5, 0.6) is 0 Å². The number of carbonyl (C=O) groups excluding carboxylic acids is 1. The highest BCUT2D eigenvalue weighted by atomic mass is 32.1. The zero-order chi connectivity index (χ0) is 20.1. The first kappa shape index (κ1) is 19.5. The molecule has 0 N–H and O–H groups in total. The number of aryl methyl sites for hydroxylation is 1. The molecular formula is C23H21N3OS2. The van der Waals surface area contributed by atoms with Gasteiger partial charge in [0.2, 0.25) is 5.91 Å². The largest absolute Gasteiger partial charge is 0.334 e. The Balaban J connectivity index is 1.53. The molecule has 1 amide bonds. The van der Waals surface area contributed by atoms with Crippen LogP contribution in [-0.2, 0) is 24.3 Å². The summed E-state index contributed by atoms with van der Waals surface area (Å²) in [5.41, 5.74) is 4.18. The van der Waals surface area contributed by atoms with Crippen molar-refractivity contribution in [2.24, 2.45) is 0 Å². The van der Waals surface area contributed by atoms with Gasteiger partial charge >= 0.3 is 0 Å². The molecule has 0 aliphatic heterocycles. The lowest BCUT2D eigenvalue weighted by molar-refractivity contribution is -0.131. The topological polar surface area (TPSA) is 46.1 Å². The van der Waals surface area contributed by atoms with Crippen molar-refractivity contribution < 1.29 is 4.79 Å². The lowest BCUT2D eigenvalue weighted by Gasteiger charge is -2.23. The van der Waals surface area contributed by atoms with Crippen molar-refractivity contribution in [2.75, 3.05) is 0 Å². The second-order valence-corrected chi connectivity index (χ2v) is 8.64. The zero-order valence-corrected chi connectivity index (χ0v) is 17.7. The number of hydrogen-bond acceptors (Lipinski definition) is 5. The summed E-state index contributed by atoms with van der Waals surface area (Å²) in [6, 6.07) is 16.2. The monoisotopic (exact) mass is 419 g/mol. The third-order valence-corrected chi connectivity index (χ3v) is 6.62. The summed E-state index contributed by atoms with van der Waals surface area (Å²) in [5.74, 6) is 0.0696. The Hall–Kier alpha value is -2.83. The third-order valence-electron chi connectivity index (χ3n) is 4.69. The first-order valence-corrected chi connectivity index (χ1v) is 11.1. The van der Waals surface area contributed by atoms with Crippen LogP contribution in [-0.4, -0.2) is 20.8 Å². The maximum Gasteiger partial charge on any atom is 0.229 e. The Morgan fingerprint density at radius 2 is 1.93 bits per heavy atom. The van der Waals surface area contributed by atoms with Gasteiger partial charge in [0.15, 0.2) is 0 Å². The second-order valence-electron chi connectivity index (χ2n) is 6.84. The predicted molar refractivity (Wildman–Crippen MR) is 119 cm³/mol. The molecular weight excluding hydrogens is 398 g/mol. The number of thiazole rings is 1. The van der Waals surface area contributed by atoms with Gasteiger partial charge < -0.3 is 4.90 Å². The Morgan fingerprint density at radius 3 is 2.69 bits per heavy atom. The number of nitrogens with zero attached hydrogens (tertiary/aromatic N) is 3. The summed E-state index contributed by atoms with van der Waals surface area (Å²) in [6.45, 7) is 3.18. The molecule has 0 spiro atoms. The van der Waals surface area contributed by atoms with Crippen LogP contribution in [0.4, 0.5) is 0 Å². The average molecular weight is 420 g/mol. The zero-order valence-electron chi connectivity index (χ0n) is 16.1. The van der Waals surface area contributed by atoms with Crippen LogP contribution in [0.15, 0.2) is 71.7 Å². The van der Waals surface area contributed by atoms with Crippen molar-refractivity contribution in [3.8, 4) is 9.88 Å². The van der Waals surface area contributed by atoms with E-state index in [1.807, 2.05) is 52.2 Å². The summed E-state index contributed by atoms with van der Waals surface area (Å²) in [6.07, 6.45) is 3.86. The van der Waals surface area contributed by atoms with E-state index in [1.165, 1.54) is 5.56 Å². The molecule has 0 aliphatic rings. The van der Waals surface area contributed by atoms with E-state index < -0.39 is 0 Å². The van der Waals surface area contributed by atoms with Gasteiger partial charge in [0.1, 0.15) is 5.01 Å². The number of rotatable bonds is 7. The second kappa shape index (κ2) is 9.11. The Labute approximate surface area is 178 Å². The maximum atomic E-state index is 13.2. The Bertz CT molecular complexity index is 1070. The molecule has 0 radical (unpaired) electrons. The molecule has 29 heavy (non-hydrogen) atoms. The summed E-state index contributed by atoms with van der Waals surface area (Å²) in [4.78, 5) is 25.1. The molecule has 4 nitrogen and oxygen atoms in total. The summed E-state index contributed by atoms with van der Waals surface area (Å²) >= 11 is 3.26. The minimum absolute atomic E-state index is 0.0696. The van der Waals surface area contributed by atoms with Crippen molar-refractivity contribution in [3.05, 3.63) is 94.1 Å². The van der Waals surface area contributed by atoms with Gasteiger partial charge in [-0.15, -0.1) is 22.7 Å². The van der Waals surface area contributed by atoms with E-state index >= 15 is 0 Å². The van der Waals surface area contributed by atoms with E-state index in [0.29, 0.717) is 19.5 Å². The third kappa shape index (κ3) is 4.96. The molecule has 3 heterocycles. The fourth-order valence-corrected chi connectivity index (χ4v) is 4.74. The minimum atomic E-state index is 0.0696. The summed E-state index contributed by atoms with van der Waals surface area (Å²) in [7, 11) is 0. The normalized spacial score (nSPS) is 10.8. The van der Waals surface area contributed by atoms with Crippen molar-refractivity contribution >= 4 is 28.6 Å². The van der Waals surface area contributed by atoms with Crippen LogP contribution in [0.25, 0.3) is 9.88 Å². The van der Waals surface area contributed by atoms with E-state index in [2.05, 4.69) is 35.1 Å². The predicted octanol–water partition coefficient (Wildman–Crippen LogP) is 5.35. The first-order chi connectivity index (χ1) is 14.2. The first-order valence-electron chi connectivity index (χ1n) is 9.38. The number of aromatic nitrogens is 2. The fraction of sp³-hybridized carbons (Fsp3) is 0.174. The number of benzene rings is 1. The molecule has 3 aromatic heterocycles. The van der Waals surface area contributed by atoms with E-state index in [1.54, 1.807) is 28.9 Å². The number of amides is 1. The number of pyridine rings is 1. The van der Waals surface area contributed by atoms with Crippen molar-refractivity contribution in [1.29, 1.82) is 0 Å². The average Bonchev–Trinajstić information content (AvgIpc) is 3.42. The van der Waals surface area contributed by atoms with Crippen LogP contribution in [0.2, 0.25) is 0 Å². The van der Waals surface area contributed by atoms with Gasteiger partial charge in [0, 0.05) is 30.9 Å². The smallest absolute Gasteiger partial charge is 0.229 e. The van der Waals surface area contributed by atoms with Gasteiger partial charge in [-0.05, 0) is 41.1 Å². The highest BCUT2D eigenvalue weighted by Gasteiger charge is 2.18. The van der Waals surface area contributed by atoms with Gasteiger partial charge in [-0.3, -0.25) is 9.78 Å². The molecule has 4 aromatic rings. The van der Waals surface area contributed by atoms with E-state index in [9.17, 15) is 4.79 Å². The molecule has 0 unspecified atom stereocenters. The molecule has 0 atom stereocenters. The Kier molecular flexibility index (Phi) is 6.12. The summed E-state index contributed by atoms with van der Waals surface area (Å²) in [5, 5.41) is 5.00. The lowest BCUT2D eigenvalue weighted by Crippen LogP contribution is -2.31. The standard InChI is InChI=1S/C23H21N3OS2/c1-17-6-2-3-8-19(17)15-26(14-18-7-4-10-24-13-18)22(27)12-20-16-29-23(25-20)21-9-5-11-28-21/h2-11,13,16H,12,14-15H2,1H3. The summed E-state index contributed by atoms with van der Waals surface area (Å²) < 4.78 is 0. The van der Waals surface area contributed by atoms with Gasteiger partial charge in [-0.2, -0.15) is 0 Å². The van der Waals surface area contributed by atoms with E-state index in [4.69, 9.17) is 0 Å². The maximum absolute atomic E-state index is 13.2. The fourth-order valence-electron chi connectivity index (χ4n) is 3.11. The molecule has 0 fully saturated rings. The Morgan fingerprint density at radius 1 is 1.03 bits per heavy atom. The van der Waals surface area contributed by atoms with Gasteiger partial charge in [-0.25, -0.2) is 4.98 Å².